The lowest BCUT2D eigenvalue weighted by Crippen LogP contribution is -2.32. The molecule has 0 aliphatic carbocycles. The Morgan fingerprint density at radius 3 is 2.46 bits per heavy atom. The van der Waals surface area contributed by atoms with E-state index in [4.69, 9.17) is 9.47 Å². The molecule has 26 heavy (non-hydrogen) atoms. The number of anilines is 1. The molecule has 0 radical (unpaired) electrons. The molecule has 2 aromatic rings. The van der Waals surface area contributed by atoms with Gasteiger partial charge in [-0.1, -0.05) is 24.6 Å². The molecule has 0 saturated heterocycles. The SMILES string of the molecule is CC[C@@H](Oc1ccc(C)cc1C)C(=O)Nc1cc([N+](=O)[O-])ccc1OC. The molecule has 0 saturated carbocycles. The zero-order valence-electron chi connectivity index (χ0n) is 15.2. The van der Waals surface area contributed by atoms with Gasteiger partial charge in [0.25, 0.3) is 11.6 Å². The third-order valence-electron chi connectivity index (χ3n) is 3.91. The van der Waals surface area contributed by atoms with Gasteiger partial charge in [0, 0.05) is 12.1 Å². The molecule has 0 spiro atoms. The molecule has 2 aromatic carbocycles. The quantitative estimate of drug-likeness (QED) is 0.596. The number of rotatable bonds is 7. The van der Waals surface area contributed by atoms with Gasteiger partial charge in [-0.2, -0.15) is 0 Å². The molecule has 2 rings (SSSR count). The third-order valence-corrected chi connectivity index (χ3v) is 3.91. The Kier molecular flexibility index (Phi) is 6.16. The summed E-state index contributed by atoms with van der Waals surface area (Å²) in [6.45, 7) is 5.73. The standard InChI is InChI=1S/C19H22N2O5/c1-5-16(26-17-8-6-12(2)10-13(17)3)19(22)20-15-11-14(21(23)24)7-9-18(15)25-4/h6-11,16H,5H2,1-4H3,(H,20,22)/t16-/m1/s1. The summed E-state index contributed by atoms with van der Waals surface area (Å²) in [6, 6.07) is 9.74. The van der Waals surface area contributed by atoms with Crippen LogP contribution in [-0.2, 0) is 4.79 Å². The number of methoxy groups -OCH3 is 1. The Bertz CT molecular complexity index is 820. The van der Waals surface area contributed by atoms with Gasteiger partial charge in [0.2, 0.25) is 0 Å². The first kappa shape index (κ1) is 19.2. The first-order valence-corrected chi connectivity index (χ1v) is 8.23. The molecular formula is C19H22N2O5. The highest BCUT2D eigenvalue weighted by atomic mass is 16.6. The van der Waals surface area contributed by atoms with E-state index in [2.05, 4.69) is 5.32 Å². The topological polar surface area (TPSA) is 90.7 Å². The lowest BCUT2D eigenvalue weighted by Gasteiger charge is -2.19. The van der Waals surface area contributed by atoms with Crippen LogP contribution in [0.1, 0.15) is 24.5 Å². The van der Waals surface area contributed by atoms with Gasteiger partial charge in [-0.3, -0.25) is 14.9 Å². The Labute approximate surface area is 152 Å². The number of aryl methyl sites for hydroxylation is 2. The fraction of sp³-hybridized carbons (Fsp3) is 0.316. The summed E-state index contributed by atoms with van der Waals surface area (Å²) in [7, 11) is 1.43. The summed E-state index contributed by atoms with van der Waals surface area (Å²) < 4.78 is 11.0. The Morgan fingerprint density at radius 1 is 1.19 bits per heavy atom. The monoisotopic (exact) mass is 358 g/mol. The summed E-state index contributed by atoms with van der Waals surface area (Å²) in [5.41, 5.74) is 2.14. The van der Waals surface area contributed by atoms with Crippen LogP contribution in [0.25, 0.3) is 0 Å². The molecule has 0 aromatic heterocycles. The molecule has 0 bridgehead atoms. The molecule has 7 nitrogen and oxygen atoms in total. The number of nitro groups is 1. The molecule has 0 aliphatic rings. The maximum absolute atomic E-state index is 12.6. The van der Waals surface area contributed by atoms with Gasteiger partial charge in [0.15, 0.2) is 6.10 Å². The molecule has 0 unspecified atom stereocenters. The van der Waals surface area contributed by atoms with Crippen LogP contribution in [0.2, 0.25) is 0 Å². The van der Waals surface area contributed by atoms with Crippen LogP contribution in [0, 0.1) is 24.0 Å². The number of non-ortho nitro benzene ring substituents is 1. The van der Waals surface area contributed by atoms with E-state index in [0.29, 0.717) is 17.9 Å². The van der Waals surface area contributed by atoms with Crippen LogP contribution < -0.4 is 14.8 Å². The predicted octanol–water partition coefficient (Wildman–Crippen LogP) is 4.02. The van der Waals surface area contributed by atoms with E-state index in [1.165, 1.54) is 25.3 Å². The number of amides is 1. The van der Waals surface area contributed by atoms with Gasteiger partial charge in [-0.25, -0.2) is 0 Å². The number of hydrogen-bond donors (Lipinski definition) is 1. The van der Waals surface area contributed by atoms with E-state index >= 15 is 0 Å². The van der Waals surface area contributed by atoms with Crippen LogP contribution in [0.3, 0.4) is 0 Å². The van der Waals surface area contributed by atoms with Crippen molar-refractivity contribution in [3.63, 3.8) is 0 Å². The summed E-state index contributed by atoms with van der Waals surface area (Å²) in [5, 5.41) is 13.6. The molecule has 1 amide bonds. The van der Waals surface area contributed by atoms with Crippen molar-refractivity contribution in [1.29, 1.82) is 0 Å². The molecule has 138 valence electrons. The number of benzene rings is 2. The van der Waals surface area contributed by atoms with Gasteiger partial charge in [0.05, 0.1) is 17.7 Å². The fourth-order valence-electron chi connectivity index (χ4n) is 2.53. The second-order valence-corrected chi connectivity index (χ2v) is 5.91. The molecule has 0 aliphatic heterocycles. The van der Waals surface area contributed by atoms with Crippen LogP contribution in [0.5, 0.6) is 11.5 Å². The first-order valence-electron chi connectivity index (χ1n) is 8.23. The number of nitrogens with zero attached hydrogens (tertiary/aromatic N) is 1. The Morgan fingerprint density at radius 2 is 1.88 bits per heavy atom. The molecule has 7 heteroatoms. The molecule has 1 N–H and O–H groups in total. The van der Waals surface area contributed by atoms with E-state index in [0.717, 1.165) is 11.1 Å². The van der Waals surface area contributed by atoms with Crippen molar-refractivity contribution in [2.75, 3.05) is 12.4 Å². The number of hydrogen-bond acceptors (Lipinski definition) is 5. The number of nitrogens with one attached hydrogen (secondary N) is 1. The summed E-state index contributed by atoms with van der Waals surface area (Å²) >= 11 is 0. The Hall–Kier alpha value is -3.09. The van der Waals surface area contributed by atoms with E-state index in [-0.39, 0.29) is 11.4 Å². The van der Waals surface area contributed by atoms with Gasteiger partial charge in [-0.05, 0) is 38.0 Å². The first-order chi connectivity index (χ1) is 12.3. The van der Waals surface area contributed by atoms with Crippen LogP contribution >= 0.6 is 0 Å². The lowest BCUT2D eigenvalue weighted by molar-refractivity contribution is -0.384. The zero-order valence-corrected chi connectivity index (χ0v) is 15.2. The minimum atomic E-state index is -0.736. The second kappa shape index (κ2) is 8.33. The fourth-order valence-corrected chi connectivity index (χ4v) is 2.53. The van der Waals surface area contributed by atoms with Crippen LogP contribution in [0.15, 0.2) is 36.4 Å². The van der Waals surface area contributed by atoms with Gasteiger partial charge in [-0.15, -0.1) is 0 Å². The minimum Gasteiger partial charge on any atom is -0.495 e. The lowest BCUT2D eigenvalue weighted by atomic mass is 10.1. The van der Waals surface area contributed by atoms with Crippen molar-refractivity contribution >= 4 is 17.3 Å². The normalized spacial score (nSPS) is 11.5. The number of carbonyl (C=O) groups excluding carboxylic acids is 1. The maximum Gasteiger partial charge on any atom is 0.271 e. The number of ether oxygens (including phenoxy) is 2. The predicted molar refractivity (Wildman–Crippen MR) is 98.9 cm³/mol. The van der Waals surface area contributed by atoms with Gasteiger partial charge < -0.3 is 14.8 Å². The minimum absolute atomic E-state index is 0.135. The van der Waals surface area contributed by atoms with Crippen molar-refractivity contribution < 1.29 is 19.2 Å². The van der Waals surface area contributed by atoms with Crippen molar-refractivity contribution in [2.24, 2.45) is 0 Å². The van der Waals surface area contributed by atoms with E-state index in [1.54, 1.807) is 0 Å². The molecular weight excluding hydrogens is 336 g/mol. The Balaban J connectivity index is 2.21. The molecule has 0 heterocycles. The largest absolute Gasteiger partial charge is 0.495 e. The van der Waals surface area contributed by atoms with E-state index in [9.17, 15) is 14.9 Å². The van der Waals surface area contributed by atoms with Gasteiger partial charge in [0.1, 0.15) is 11.5 Å². The molecule has 1 atom stereocenters. The smallest absolute Gasteiger partial charge is 0.271 e. The van der Waals surface area contributed by atoms with Crippen molar-refractivity contribution in [3.05, 3.63) is 57.6 Å². The van der Waals surface area contributed by atoms with Crippen molar-refractivity contribution in [2.45, 2.75) is 33.3 Å². The second-order valence-electron chi connectivity index (χ2n) is 5.91. The summed E-state index contributed by atoms with van der Waals surface area (Å²) in [5.74, 6) is 0.570. The van der Waals surface area contributed by atoms with Crippen LogP contribution in [0.4, 0.5) is 11.4 Å². The average Bonchev–Trinajstić information content (AvgIpc) is 2.60. The van der Waals surface area contributed by atoms with E-state index < -0.39 is 16.9 Å². The highest BCUT2D eigenvalue weighted by Gasteiger charge is 2.22. The van der Waals surface area contributed by atoms with Crippen molar-refractivity contribution in [1.82, 2.24) is 0 Å². The summed E-state index contributed by atoms with van der Waals surface area (Å²) in [6.07, 6.45) is -0.295. The number of nitro benzene ring substituents is 1. The zero-order chi connectivity index (χ0) is 19.3. The number of carbonyl (C=O) groups is 1. The highest BCUT2D eigenvalue weighted by molar-refractivity contribution is 5.96. The van der Waals surface area contributed by atoms with Crippen molar-refractivity contribution in [3.8, 4) is 11.5 Å². The third kappa shape index (κ3) is 4.50. The van der Waals surface area contributed by atoms with Gasteiger partial charge >= 0.3 is 0 Å². The highest BCUT2D eigenvalue weighted by Crippen LogP contribution is 2.29. The average molecular weight is 358 g/mol. The summed E-state index contributed by atoms with van der Waals surface area (Å²) in [4.78, 5) is 23.0. The maximum atomic E-state index is 12.6. The molecule has 0 fully saturated rings. The van der Waals surface area contributed by atoms with Crippen LogP contribution in [-0.4, -0.2) is 24.0 Å². The van der Waals surface area contributed by atoms with E-state index in [1.807, 2.05) is 39.0 Å².